The van der Waals surface area contributed by atoms with Crippen molar-refractivity contribution in [3.63, 3.8) is 0 Å². The molecule has 0 saturated heterocycles. The second kappa shape index (κ2) is 3.89. The van der Waals surface area contributed by atoms with Gasteiger partial charge < -0.3 is 15.3 Å². The number of phenolic OH excluding ortho intramolecular Hbond substituents is 1. The standard InChI is InChI=1S/C12H14N2O2/c1-7(2)11-10(14-12(13)16-11)8-5-3-4-6-9(8)15/h3-7,15H,1-2H3,(H2,13,14). The van der Waals surface area contributed by atoms with Crippen molar-refractivity contribution in [3.8, 4) is 17.0 Å². The number of nitrogen functional groups attached to an aromatic ring is 1. The lowest BCUT2D eigenvalue weighted by Gasteiger charge is -2.05. The van der Waals surface area contributed by atoms with Crippen LogP contribution in [0.15, 0.2) is 28.7 Å². The molecule has 3 N–H and O–H groups in total. The summed E-state index contributed by atoms with van der Waals surface area (Å²) < 4.78 is 5.34. The van der Waals surface area contributed by atoms with E-state index in [2.05, 4.69) is 4.98 Å². The minimum Gasteiger partial charge on any atom is -0.507 e. The summed E-state index contributed by atoms with van der Waals surface area (Å²) in [5, 5.41) is 9.76. The van der Waals surface area contributed by atoms with Gasteiger partial charge in [-0.05, 0) is 12.1 Å². The number of hydrogen-bond donors (Lipinski definition) is 2. The highest BCUT2D eigenvalue weighted by Gasteiger charge is 2.18. The van der Waals surface area contributed by atoms with E-state index in [9.17, 15) is 5.11 Å². The van der Waals surface area contributed by atoms with Gasteiger partial charge in [-0.3, -0.25) is 0 Å². The van der Waals surface area contributed by atoms with E-state index in [1.807, 2.05) is 19.9 Å². The SMILES string of the molecule is CC(C)c1oc(N)nc1-c1ccccc1O. The van der Waals surface area contributed by atoms with Crippen LogP contribution < -0.4 is 5.73 Å². The Bertz CT molecular complexity index is 503. The molecule has 0 saturated carbocycles. The summed E-state index contributed by atoms with van der Waals surface area (Å²) in [5.74, 6) is 1.04. The van der Waals surface area contributed by atoms with Gasteiger partial charge in [-0.1, -0.05) is 26.0 Å². The highest BCUT2D eigenvalue weighted by molar-refractivity contribution is 5.69. The van der Waals surface area contributed by atoms with Gasteiger partial charge in [-0.25, -0.2) is 0 Å². The van der Waals surface area contributed by atoms with Crippen LogP contribution in [0.2, 0.25) is 0 Å². The number of oxazole rings is 1. The van der Waals surface area contributed by atoms with Crippen molar-refractivity contribution < 1.29 is 9.52 Å². The van der Waals surface area contributed by atoms with Gasteiger partial charge in [0.25, 0.3) is 6.01 Å². The number of aromatic hydroxyl groups is 1. The number of hydrogen-bond acceptors (Lipinski definition) is 4. The smallest absolute Gasteiger partial charge is 0.292 e. The zero-order chi connectivity index (χ0) is 11.7. The van der Waals surface area contributed by atoms with E-state index in [0.717, 1.165) is 0 Å². The Hall–Kier alpha value is -1.97. The van der Waals surface area contributed by atoms with Crippen LogP contribution in [0, 0.1) is 0 Å². The number of anilines is 1. The molecule has 0 bridgehead atoms. The van der Waals surface area contributed by atoms with Gasteiger partial charge in [0, 0.05) is 11.5 Å². The Kier molecular flexibility index (Phi) is 2.56. The van der Waals surface area contributed by atoms with Crippen LogP contribution in [0.25, 0.3) is 11.3 Å². The van der Waals surface area contributed by atoms with E-state index >= 15 is 0 Å². The number of phenols is 1. The fourth-order valence-corrected chi connectivity index (χ4v) is 1.61. The van der Waals surface area contributed by atoms with Crippen LogP contribution in [-0.2, 0) is 0 Å². The lowest BCUT2D eigenvalue weighted by molar-refractivity contribution is 0.475. The Morgan fingerprint density at radius 2 is 2.00 bits per heavy atom. The van der Waals surface area contributed by atoms with Crippen molar-refractivity contribution in [3.05, 3.63) is 30.0 Å². The number of nitrogens with zero attached hydrogens (tertiary/aromatic N) is 1. The van der Waals surface area contributed by atoms with Crippen LogP contribution in [0.4, 0.5) is 6.01 Å². The van der Waals surface area contributed by atoms with Gasteiger partial charge >= 0.3 is 0 Å². The van der Waals surface area contributed by atoms with Gasteiger partial charge in [0.05, 0.1) is 0 Å². The molecule has 1 heterocycles. The highest BCUT2D eigenvalue weighted by Crippen LogP contribution is 2.35. The topological polar surface area (TPSA) is 72.3 Å². The number of benzene rings is 1. The van der Waals surface area contributed by atoms with E-state index in [-0.39, 0.29) is 17.7 Å². The zero-order valence-electron chi connectivity index (χ0n) is 9.27. The quantitative estimate of drug-likeness (QED) is 0.812. The zero-order valence-corrected chi connectivity index (χ0v) is 9.27. The Labute approximate surface area is 93.7 Å². The first-order valence-corrected chi connectivity index (χ1v) is 5.14. The minimum atomic E-state index is 0.127. The third-order valence-electron chi connectivity index (χ3n) is 2.35. The lowest BCUT2D eigenvalue weighted by atomic mass is 10.0. The number of aromatic nitrogens is 1. The summed E-state index contributed by atoms with van der Waals surface area (Å²) in [6.45, 7) is 3.98. The minimum absolute atomic E-state index is 0.127. The molecule has 0 aliphatic rings. The van der Waals surface area contributed by atoms with E-state index < -0.39 is 0 Å². The normalized spacial score (nSPS) is 10.9. The predicted molar refractivity (Wildman–Crippen MR) is 62.1 cm³/mol. The largest absolute Gasteiger partial charge is 0.507 e. The predicted octanol–water partition coefficient (Wildman–Crippen LogP) is 2.75. The molecule has 16 heavy (non-hydrogen) atoms. The average Bonchev–Trinajstić information content (AvgIpc) is 2.61. The van der Waals surface area contributed by atoms with Crippen molar-refractivity contribution in [2.45, 2.75) is 19.8 Å². The van der Waals surface area contributed by atoms with Gasteiger partial charge in [-0.2, -0.15) is 4.98 Å². The van der Waals surface area contributed by atoms with Crippen LogP contribution in [0.3, 0.4) is 0 Å². The van der Waals surface area contributed by atoms with E-state index in [1.54, 1.807) is 18.2 Å². The molecule has 1 aromatic carbocycles. The monoisotopic (exact) mass is 218 g/mol. The second-order valence-corrected chi connectivity index (χ2v) is 3.94. The molecule has 4 nitrogen and oxygen atoms in total. The maximum Gasteiger partial charge on any atom is 0.292 e. The molecule has 0 aliphatic heterocycles. The molecule has 4 heteroatoms. The van der Waals surface area contributed by atoms with E-state index in [0.29, 0.717) is 17.0 Å². The summed E-state index contributed by atoms with van der Waals surface area (Å²) in [5.41, 5.74) is 6.81. The van der Waals surface area contributed by atoms with Gasteiger partial charge in [0.15, 0.2) is 0 Å². The van der Waals surface area contributed by atoms with Crippen LogP contribution >= 0.6 is 0 Å². The van der Waals surface area contributed by atoms with E-state index in [4.69, 9.17) is 10.2 Å². The molecule has 2 rings (SSSR count). The van der Waals surface area contributed by atoms with Crippen LogP contribution in [0.1, 0.15) is 25.5 Å². The summed E-state index contributed by atoms with van der Waals surface area (Å²) in [7, 11) is 0. The van der Waals surface area contributed by atoms with Gasteiger partial charge in [0.2, 0.25) is 0 Å². The average molecular weight is 218 g/mol. The first-order valence-electron chi connectivity index (χ1n) is 5.14. The molecule has 1 aromatic heterocycles. The molecule has 0 radical (unpaired) electrons. The van der Waals surface area contributed by atoms with Crippen molar-refractivity contribution in [2.24, 2.45) is 0 Å². The summed E-state index contributed by atoms with van der Waals surface area (Å²) in [6.07, 6.45) is 0. The fourth-order valence-electron chi connectivity index (χ4n) is 1.61. The van der Waals surface area contributed by atoms with Gasteiger partial charge in [0.1, 0.15) is 17.2 Å². The third kappa shape index (κ3) is 1.74. The highest BCUT2D eigenvalue weighted by atomic mass is 16.4. The Morgan fingerprint density at radius 3 is 2.62 bits per heavy atom. The summed E-state index contributed by atoms with van der Waals surface area (Å²) >= 11 is 0. The molecule has 0 amide bonds. The maximum absolute atomic E-state index is 9.76. The first kappa shape index (κ1) is 10.5. The molecule has 0 unspecified atom stereocenters. The van der Waals surface area contributed by atoms with Crippen molar-refractivity contribution in [2.75, 3.05) is 5.73 Å². The van der Waals surface area contributed by atoms with Crippen LogP contribution in [-0.4, -0.2) is 10.1 Å². The van der Waals surface area contributed by atoms with Crippen molar-refractivity contribution in [1.82, 2.24) is 4.98 Å². The second-order valence-electron chi connectivity index (χ2n) is 3.94. The van der Waals surface area contributed by atoms with Crippen LogP contribution in [0.5, 0.6) is 5.75 Å². The summed E-state index contributed by atoms with van der Waals surface area (Å²) in [4.78, 5) is 4.11. The summed E-state index contributed by atoms with van der Waals surface area (Å²) in [6, 6.07) is 7.13. The Balaban J connectivity index is 2.60. The number of para-hydroxylation sites is 1. The van der Waals surface area contributed by atoms with Crippen molar-refractivity contribution >= 4 is 6.01 Å². The molecule has 2 aromatic rings. The van der Waals surface area contributed by atoms with Gasteiger partial charge in [-0.15, -0.1) is 0 Å². The maximum atomic E-state index is 9.76. The fraction of sp³-hybridized carbons (Fsp3) is 0.250. The molecule has 0 aliphatic carbocycles. The molecular weight excluding hydrogens is 204 g/mol. The first-order chi connectivity index (χ1) is 7.59. The molecule has 0 atom stereocenters. The van der Waals surface area contributed by atoms with Crippen molar-refractivity contribution in [1.29, 1.82) is 0 Å². The van der Waals surface area contributed by atoms with E-state index in [1.165, 1.54) is 0 Å². The molecule has 0 fully saturated rings. The third-order valence-corrected chi connectivity index (χ3v) is 2.35. The number of nitrogens with two attached hydrogens (primary N) is 1. The molecule has 0 spiro atoms. The molecular formula is C12H14N2O2. The number of rotatable bonds is 2. The lowest BCUT2D eigenvalue weighted by Crippen LogP contribution is -1.89. The Morgan fingerprint density at radius 1 is 1.31 bits per heavy atom. The molecule has 84 valence electrons.